The molecule has 1 amide bonds. The average molecular weight is 366 g/mol. The molecule has 1 saturated heterocycles. The van der Waals surface area contributed by atoms with Gasteiger partial charge in [0.05, 0.1) is 12.7 Å². The van der Waals surface area contributed by atoms with Crippen LogP contribution in [-0.4, -0.2) is 43.0 Å². The lowest BCUT2D eigenvalue weighted by Crippen LogP contribution is -2.38. The molecule has 1 heterocycles. The minimum absolute atomic E-state index is 0.00773. The smallest absolute Gasteiger partial charge is 0.337 e. The summed E-state index contributed by atoms with van der Waals surface area (Å²) in [6.45, 7) is 6.00. The largest absolute Gasteiger partial charge is 0.465 e. The van der Waals surface area contributed by atoms with E-state index in [9.17, 15) is 9.59 Å². The van der Waals surface area contributed by atoms with Gasteiger partial charge in [0.25, 0.3) is 0 Å². The minimum atomic E-state index is -0.327. The maximum atomic E-state index is 11.8. The van der Waals surface area contributed by atoms with Gasteiger partial charge in [-0.3, -0.25) is 9.69 Å². The van der Waals surface area contributed by atoms with Gasteiger partial charge in [-0.05, 0) is 30.2 Å². The summed E-state index contributed by atoms with van der Waals surface area (Å²) in [4.78, 5) is 25.7. The topological polar surface area (TPSA) is 58.6 Å². The van der Waals surface area contributed by atoms with E-state index in [2.05, 4.69) is 41.4 Å². The van der Waals surface area contributed by atoms with E-state index in [0.717, 1.165) is 25.2 Å². The van der Waals surface area contributed by atoms with Crippen LogP contribution in [0.15, 0.2) is 48.5 Å². The number of rotatable bonds is 5. The van der Waals surface area contributed by atoms with Crippen LogP contribution in [0.3, 0.4) is 0 Å². The molecule has 27 heavy (non-hydrogen) atoms. The number of carbonyl (C=O) groups excluding carboxylic acids is 2. The van der Waals surface area contributed by atoms with Gasteiger partial charge in [0.1, 0.15) is 0 Å². The third kappa shape index (κ3) is 4.74. The molecule has 142 valence electrons. The number of carbonyl (C=O) groups is 2. The van der Waals surface area contributed by atoms with E-state index in [-0.39, 0.29) is 23.8 Å². The summed E-state index contributed by atoms with van der Waals surface area (Å²) in [5.74, 6) is -0.0862. The third-order valence-electron chi connectivity index (χ3n) is 5.04. The Morgan fingerprint density at radius 2 is 1.89 bits per heavy atom. The van der Waals surface area contributed by atoms with E-state index in [1.807, 2.05) is 18.2 Å². The molecule has 5 heteroatoms. The number of nitrogens with zero attached hydrogens (tertiary/aromatic N) is 1. The Labute approximate surface area is 160 Å². The molecule has 3 rings (SSSR count). The van der Waals surface area contributed by atoms with Crippen LogP contribution in [0.1, 0.15) is 39.9 Å². The van der Waals surface area contributed by atoms with Crippen LogP contribution in [0.25, 0.3) is 0 Å². The molecule has 1 N–H and O–H groups in total. The Bertz CT molecular complexity index is 817. The lowest BCUT2D eigenvalue weighted by Gasteiger charge is -2.19. The van der Waals surface area contributed by atoms with Gasteiger partial charge in [-0.25, -0.2) is 4.79 Å². The minimum Gasteiger partial charge on any atom is -0.465 e. The highest BCUT2D eigenvalue weighted by molar-refractivity contribution is 5.89. The fourth-order valence-electron chi connectivity index (χ4n) is 3.75. The Balaban J connectivity index is 1.76. The number of methoxy groups -OCH3 is 1. The number of aryl methyl sites for hydroxylation is 1. The molecule has 0 spiro atoms. The monoisotopic (exact) mass is 366 g/mol. The summed E-state index contributed by atoms with van der Waals surface area (Å²) in [7, 11) is 1.39. The highest BCUT2D eigenvalue weighted by Gasteiger charge is 2.34. The zero-order valence-electron chi connectivity index (χ0n) is 16.1. The average Bonchev–Trinajstić information content (AvgIpc) is 3.03. The molecular formula is C22H26N2O3. The van der Waals surface area contributed by atoms with Crippen molar-refractivity contribution in [2.24, 2.45) is 0 Å². The van der Waals surface area contributed by atoms with E-state index >= 15 is 0 Å². The van der Waals surface area contributed by atoms with Crippen molar-refractivity contribution in [2.45, 2.75) is 32.4 Å². The molecule has 2 unspecified atom stereocenters. The van der Waals surface area contributed by atoms with Crippen LogP contribution in [0.4, 0.5) is 0 Å². The predicted molar refractivity (Wildman–Crippen MR) is 105 cm³/mol. The molecule has 1 aliphatic heterocycles. The second-order valence-corrected chi connectivity index (χ2v) is 7.21. The van der Waals surface area contributed by atoms with Crippen molar-refractivity contribution < 1.29 is 14.3 Å². The number of hydrogen-bond donors (Lipinski definition) is 1. The fraction of sp³-hybridized carbons (Fsp3) is 0.364. The summed E-state index contributed by atoms with van der Waals surface area (Å²) in [5.41, 5.74) is 4.08. The summed E-state index contributed by atoms with van der Waals surface area (Å²) in [6, 6.07) is 16.1. The van der Waals surface area contributed by atoms with Gasteiger partial charge in [-0.2, -0.15) is 0 Å². The van der Waals surface area contributed by atoms with Crippen LogP contribution in [-0.2, 0) is 16.1 Å². The van der Waals surface area contributed by atoms with Crippen LogP contribution >= 0.6 is 0 Å². The molecule has 1 fully saturated rings. The first kappa shape index (κ1) is 19.1. The van der Waals surface area contributed by atoms with Crippen molar-refractivity contribution in [1.82, 2.24) is 10.2 Å². The van der Waals surface area contributed by atoms with Crippen molar-refractivity contribution in [3.63, 3.8) is 0 Å². The van der Waals surface area contributed by atoms with E-state index in [4.69, 9.17) is 4.74 Å². The van der Waals surface area contributed by atoms with Crippen LogP contribution in [0.5, 0.6) is 0 Å². The molecule has 2 aromatic rings. The second kappa shape index (κ2) is 8.35. The summed E-state index contributed by atoms with van der Waals surface area (Å²) in [6.07, 6.45) is 0. The summed E-state index contributed by atoms with van der Waals surface area (Å²) < 4.78 is 4.81. The molecule has 0 saturated carbocycles. The van der Waals surface area contributed by atoms with E-state index in [1.165, 1.54) is 18.2 Å². The van der Waals surface area contributed by atoms with Gasteiger partial charge in [-0.15, -0.1) is 0 Å². The van der Waals surface area contributed by atoms with Crippen molar-refractivity contribution in [2.75, 3.05) is 20.2 Å². The van der Waals surface area contributed by atoms with Crippen LogP contribution < -0.4 is 5.32 Å². The van der Waals surface area contributed by atoms with E-state index < -0.39 is 0 Å². The number of amides is 1. The highest BCUT2D eigenvalue weighted by atomic mass is 16.5. The SMILES string of the molecule is COC(=O)c1cccc(CN2CC(NC(C)=O)C(c3ccc(C)cc3)C2)c1. The second-order valence-electron chi connectivity index (χ2n) is 7.21. The first-order valence-corrected chi connectivity index (χ1v) is 9.19. The van der Waals surface area contributed by atoms with E-state index in [1.54, 1.807) is 13.0 Å². The molecule has 1 aliphatic rings. The maximum Gasteiger partial charge on any atom is 0.337 e. The Morgan fingerprint density at radius 1 is 1.15 bits per heavy atom. The van der Waals surface area contributed by atoms with Crippen molar-refractivity contribution >= 4 is 11.9 Å². The highest BCUT2D eigenvalue weighted by Crippen LogP contribution is 2.29. The summed E-state index contributed by atoms with van der Waals surface area (Å²) >= 11 is 0. The lowest BCUT2D eigenvalue weighted by molar-refractivity contribution is -0.119. The first-order chi connectivity index (χ1) is 13.0. The van der Waals surface area contributed by atoms with E-state index in [0.29, 0.717) is 5.56 Å². The van der Waals surface area contributed by atoms with Gasteiger partial charge in [0, 0.05) is 38.5 Å². The normalized spacial score (nSPS) is 19.7. The maximum absolute atomic E-state index is 11.8. The number of likely N-dealkylation sites (tertiary alicyclic amines) is 1. The molecule has 0 radical (unpaired) electrons. The van der Waals surface area contributed by atoms with Gasteiger partial charge < -0.3 is 10.1 Å². The number of hydrogen-bond acceptors (Lipinski definition) is 4. The Hall–Kier alpha value is -2.66. The molecule has 2 aromatic carbocycles. The van der Waals surface area contributed by atoms with Crippen molar-refractivity contribution in [3.8, 4) is 0 Å². The molecule has 5 nitrogen and oxygen atoms in total. The number of nitrogens with one attached hydrogen (secondary N) is 1. The Morgan fingerprint density at radius 3 is 2.56 bits per heavy atom. The number of ether oxygens (including phenoxy) is 1. The molecule has 0 aromatic heterocycles. The van der Waals surface area contributed by atoms with Crippen molar-refractivity contribution in [1.29, 1.82) is 0 Å². The standard InChI is InChI=1S/C22H26N2O3/c1-15-7-9-18(10-8-15)20-13-24(14-21(20)23-16(2)25)12-17-5-4-6-19(11-17)22(26)27-3/h4-11,20-21H,12-14H2,1-3H3,(H,23,25). The predicted octanol–water partition coefficient (Wildman–Crippen LogP) is 2.89. The summed E-state index contributed by atoms with van der Waals surface area (Å²) in [5, 5.41) is 3.10. The van der Waals surface area contributed by atoms with Gasteiger partial charge >= 0.3 is 5.97 Å². The molecule has 0 bridgehead atoms. The molecule has 0 aliphatic carbocycles. The number of esters is 1. The van der Waals surface area contributed by atoms with Gasteiger partial charge in [0.2, 0.25) is 5.91 Å². The van der Waals surface area contributed by atoms with Crippen molar-refractivity contribution in [3.05, 3.63) is 70.8 Å². The molecular weight excluding hydrogens is 340 g/mol. The fourth-order valence-corrected chi connectivity index (χ4v) is 3.75. The zero-order chi connectivity index (χ0) is 19.4. The third-order valence-corrected chi connectivity index (χ3v) is 5.04. The Kier molecular flexibility index (Phi) is 5.91. The molecule has 2 atom stereocenters. The number of benzene rings is 2. The quantitative estimate of drug-likeness (QED) is 0.827. The van der Waals surface area contributed by atoms with Gasteiger partial charge in [-0.1, -0.05) is 42.0 Å². The zero-order valence-corrected chi connectivity index (χ0v) is 16.1. The van der Waals surface area contributed by atoms with Crippen LogP contribution in [0, 0.1) is 6.92 Å². The lowest BCUT2D eigenvalue weighted by atomic mass is 9.93. The van der Waals surface area contributed by atoms with Gasteiger partial charge in [0.15, 0.2) is 0 Å². The first-order valence-electron chi connectivity index (χ1n) is 9.19. The van der Waals surface area contributed by atoms with Crippen LogP contribution in [0.2, 0.25) is 0 Å².